The largest absolute Gasteiger partial charge is 0.0625 e. The Morgan fingerprint density at radius 2 is 1.56 bits per heavy atom. The van der Waals surface area contributed by atoms with Crippen molar-refractivity contribution < 1.29 is 0 Å². The van der Waals surface area contributed by atoms with E-state index in [-0.39, 0.29) is 0 Å². The van der Waals surface area contributed by atoms with Gasteiger partial charge in [0.05, 0.1) is 0 Å². The smallest absolute Gasteiger partial charge is 0.0339 e. The van der Waals surface area contributed by atoms with Crippen LogP contribution in [0.25, 0.3) is 0 Å². The van der Waals surface area contributed by atoms with Gasteiger partial charge in [0.25, 0.3) is 0 Å². The molecule has 0 aromatic rings. The molecule has 0 aromatic carbocycles. The highest BCUT2D eigenvalue weighted by atomic mass is 14.4. The van der Waals surface area contributed by atoms with E-state index in [1.165, 1.54) is 6.42 Å². The maximum absolute atomic E-state index is 2.38. The number of hydrogen-bond acceptors (Lipinski definition) is 0. The van der Waals surface area contributed by atoms with E-state index >= 15 is 0 Å². The van der Waals surface area contributed by atoms with Crippen molar-refractivity contribution in [3.63, 3.8) is 0 Å². The summed E-state index contributed by atoms with van der Waals surface area (Å²) < 4.78 is 0. The summed E-state index contributed by atoms with van der Waals surface area (Å²) in [7, 11) is 0. The molecule has 1 rings (SSSR count). The highest BCUT2D eigenvalue weighted by Crippen LogP contribution is 2.43. The fraction of sp³-hybridized carbons (Fsp3) is 1.00. The second kappa shape index (κ2) is 2.32. The maximum atomic E-state index is 2.38. The predicted molar refractivity (Wildman–Crippen MR) is 41.3 cm³/mol. The first-order valence-electron chi connectivity index (χ1n) is 4.13. The van der Waals surface area contributed by atoms with Crippen LogP contribution in [0, 0.1) is 23.7 Å². The summed E-state index contributed by atoms with van der Waals surface area (Å²) in [5, 5.41) is 0. The summed E-state index contributed by atoms with van der Waals surface area (Å²) in [6, 6.07) is 0. The molecule has 0 nitrogen and oxygen atoms in total. The minimum Gasteiger partial charge on any atom is -0.0625 e. The Balaban J connectivity index is 2.39. The van der Waals surface area contributed by atoms with Crippen LogP contribution >= 0.6 is 0 Å². The Morgan fingerprint density at radius 1 is 1.11 bits per heavy atom. The highest BCUT2D eigenvalue weighted by Gasteiger charge is 2.36. The fourth-order valence-electron chi connectivity index (χ4n) is 2.58. The van der Waals surface area contributed by atoms with Crippen molar-refractivity contribution in [1.82, 2.24) is 0 Å². The van der Waals surface area contributed by atoms with Crippen molar-refractivity contribution in [3.05, 3.63) is 0 Å². The molecular formula is C9H18. The maximum Gasteiger partial charge on any atom is -0.0339 e. The Morgan fingerprint density at radius 3 is 1.67 bits per heavy atom. The molecule has 2 atom stereocenters. The van der Waals surface area contributed by atoms with E-state index in [2.05, 4.69) is 27.7 Å². The third-order valence-electron chi connectivity index (χ3n) is 2.83. The molecule has 1 fully saturated rings. The molecule has 0 bridgehead atoms. The topological polar surface area (TPSA) is 0 Å². The summed E-state index contributed by atoms with van der Waals surface area (Å²) in [6.07, 6.45) is 1.46. The second-order valence-electron chi connectivity index (χ2n) is 4.01. The van der Waals surface area contributed by atoms with E-state index in [0.29, 0.717) is 0 Å². The minimum absolute atomic E-state index is 0.906. The molecule has 0 spiro atoms. The van der Waals surface area contributed by atoms with Crippen molar-refractivity contribution in [3.8, 4) is 0 Å². The molecule has 0 aliphatic heterocycles. The lowest BCUT2D eigenvalue weighted by atomic mass is 9.62. The zero-order valence-electron chi connectivity index (χ0n) is 7.02. The summed E-state index contributed by atoms with van der Waals surface area (Å²) in [4.78, 5) is 0. The van der Waals surface area contributed by atoms with E-state index in [4.69, 9.17) is 0 Å². The Bertz CT molecular complexity index is 79.5. The third-order valence-corrected chi connectivity index (χ3v) is 2.83. The van der Waals surface area contributed by atoms with Crippen molar-refractivity contribution in [2.75, 3.05) is 0 Å². The van der Waals surface area contributed by atoms with Crippen LogP contribution in [0.2, 0.25) is 0 Å². The van der Waals surface area contributed by atoms with E-state index in [9.17, 15) is 0 Å². The molecule has 0 saturated heterocycles. The van der Waals surface area contributed by atoms with E-state index in [1.54, 1.807) is 0 Å². The molecule has 0 amide bonds. The first-order valence-corrected chi connectivity index (χ1v) is 4.13. The second-order valence-corrected chi connectivity index (χ2v) is 4.01. The Kier molecular flexibility index (Phi) is 1.83. The van der Waals surface area contributed by atoms with Gasteiger partial charge in [0.2, 0.25) is 0 Å². The Hall–Kier alpha value is 0. The highest BCUT2D eigenvalue weighted by molar-refractivity contribution is 4.85. The van der Waals surface area contributed by atoms with Crippen molar-refractivity contribution in [2.45, 2.75) is 34.1 Å². The average Bonchev–Trinajstić information content (AvgIpc) is 1.62. The lowest BCUT2D eigenvalue weighted by Crippen LogP contribution is -2.36. The van der Waals surface area contributed by atoms with Crippen LogP contribution in [-0.4, -0.2) is 0 Å². The molecule has 1 aliphatic carbocycles. The first-order chi connectivity index (χ1) is 4.13. The van der Waals surface area contributed by atoms with Gasteiger partial charge < -0.3 is 0 Å². The molecule has 0 heteroatoms. The predicted octanol–water partition coefficient (Wildman–Crippen LogP) is 2.93. The van der Waals surface area contributed by atoms with Crippen LogP contribution in [0.5, 0.6) is 0 Å². The first kappa shape index (κ1) is 7.11. The quantitative estimate of drug-likeness (QED) is 0.506. The minimum atomic E-state index is 0.906. The number of rotatable bonds is 1. The van der Waals surface area contributed by atoms with Crippen LogP contribution in [-0.2, 0) is 0 Å². The molecule has 54 valence electrons. The van der Waals surface area contributed by atoms with Gasteiger partial charge in [-0.1, -0.05) is 27.7 Å². The summed E-state index contributed by atoms with van der Waals surface area (Å²) >= 11 is 0. The summed E-state index contributed by atoms with van der Waals surface area (Å²) in [6.45, 7) is 9.45. The van der Waals surface area contributed by atoms with Crippen LogP contribution in [0.4, 0.5) is 0 Å². The van der Waals surface area contributed by atoms with Crippen molar-refractivity contribution in [1.29, 1.82) is 0 Å². The van der Waals surface area contributed by atoms with Crippen molar-refractivity contribution >= 4 is 0 Å². The monoisotopic (exact) mass is 126 g/mol. The molecule has 0 heterocycles. The molecular weight excluding hydrogens is 108 g/mol. The standard InChI is InChI=1S/C9H18/c1-6(2)9-7(3)5-8(9)4/h6-9H,5H2,1-4H3. The van der Waals surface area contributed by atoms with Gasteiger partial charge >= 0.3 is 0 Å². The lowest BCUT2D eigenvalue weighted by molar-refractivity contribution is 0.0570. The van der Waals surface area contributed by atoms with Crippen LogP contribution in [0.15, 0.2) is 0 Å². The molecule has 1 saturated carbocycles. The van der Waals surface area contributed by atoms with Gasteiger partial charge in [-0.05, 0) is 30.1 Å². The summed E-state index contributed by atoms with van der Waals surface area (Å²) in [5.74, 6) is 3.92. The number of hydrogen-bond donors (Lipinski definition) is 0. The zero-order valence-corrected chi connectivity index (χ0v) is 7.02. The fourth-order valence-corrected chi connectivity index (χ4v) is 2.58. The lowest BCUT2D eigenvalue weighted by Gasteiger charge is -2.44. The SMILES string of the molecule is CC(C)C1C(C)CC1C. The third kappa shape index (κ3) is 1.12. The van der Waals surface area contributed by atoms with E-state index in [1.807, 2.05) is 0 Å². The van der Waals surface area contributed by atoms with Crippen LogP contribution in [0.3, 0.4) is 0 Å². The van der Waals surface area contributed by atoms with E-state index in [0.717, 1.165) is 23.7 Å². The molecule has 2 unspecified atom stereocenters. The van der Waals surface area contributed by atoms with Crippen molar-refractivity contribution in [2.24, 2.45) is 23.7 Å². The normalized spacial score (nSPS) is 43.0. The van der Waals surface area contributed by atoms with Gasteiger partial charge in [0, 0.05) is 0 Å². The van der Waals surface area contributed by atoms with Gasteiger partial charge in [-0.15, -0.1) is 0 Å². The molecule has 0 aromatic heterocycles. The molecule has 9 heavy (non-hydrogen) atoms. The molecule has 0 N–H and O–H groups in total. The van der Waals surface area contributed by atoms with E-state index < -0.39 is 0 Å². The summed E-state index contributed by atoms with van der Waals surface area (Å²) in [5.41, 5.74) is 0. The van der Waals surface area contributed by atoms with Gasteiger partial charge in [0.1, 0.15) is 0 Å². The van der Waals surface area contributed by atoms with Gasteiger partial charge in [-0.2, -0.15) is 0 Å². The van der Waals surface area contributed by atoms with Gasteiger partial charge in [-0.3, -0.25) is 0 Å². The zero-order chi connectivity index (χ0) is 7.02. The van der Waals surface area contributed by atoms with Gasteiger partial charge in [-0.25, -0.2) is 0 Å². The van der Waals surface area contributed by atoms with Crippen LogP contribution < -0.4 is 0 Å². The molecule has 1 aliphatic rings. The average molecular weight is 126 g/mol. The molecule has 0 radical (unpaired) electrons. The van der Waals surface area contributed by atoms with Gasteiger partial charge in [0.15, 0.2) is 0 Å². The Labute approximate surface area is 58.7 Å². The van der Waals surface area contributed by atoms with Crippen LogP contribution in [0.1, 0.15) is 34.1 Å².